The third-order valence-electron chi connectivity index (χ3n) is 4.70. The quantitative estimate of drug-likeness (QED) is 0.422. The third-order valence-corrected chi connectivity index (χ3v) is 4.70. The zero-order valence-electron chi connectivity index (χ0n) is 18.5. The molecule has 0 aliphatic carbocycles. The monoisotopic (exact) mass is 424 g/mol. The number of nitrogens with zero attached hydrogens (tertiary/aromatic N) is 2. The maximum absolute atomic E-state index is 5.85. The average molecular weight is 425 g/mol. The Morgan fingerprint density at radius 2 is 1.61 bits per heavy atom. The molecule has 2 N–H and O–H groups in total. The van der Waals surface area contributed by atoms with Crippen LogP contribution < -0.4 is 24.8 Å². The number of methoxy groups -OCH3 is 3. The van der Waals surface area contributed by atoms with E-state index in [1.807, 2.05) is 36.4 Å². The van der Waals surface area contributed by atoms with Gasteiger partial charge in [0.25, 0.3) is 0 Å². The molecular weight excluding hydrogens is 396 g/mol. The number of rotatable bonds is 8. The molecule has 0 aliphatic heterocycles. The van der Waals surface area contributed by atoms with Crippen molar-refractivity contribution in [1.82, 2.24) is 15.6 Å². The second-order valence-corrected chi connectivity index (χ2v) is 6.80. The van der Waals surface area contributed by atoms with E-state index in [2.05, 4.69) is 27.5 Å². The Balaban J connectivity index is 1.60. The van der Waals surface area contributed by atoms with Crippen LogP contribution in [0.5, 0.6) is 17.2 Å². The van der Waals surface area contributed by atoms with Crippen molar-refractivity contribution in [3.8, 4) is 28.6 Å². The first-order valence-corrected chi connectivity index (χ1v) is 9.83. The van der Waals surface area contributed by atoms with Crippen molar-refractivity contribution in [2.75, 3.05) is 28.4 Å². The average Bonchev–Trinajstić information content (AvgIpc) is 3.27. The fourth-order valence-electron chi connectivity index (χ4n) is 3.05. The van der Waals surface area contributed by atoms with Crippen LogP contribution in [0.3, 0.4) is 0 Å². The molecule has 0 fully saturated rings. The normalized spacial score (nSPS) is 11.2. The van der Waals surface area contributed by atoms with E-state index in [0.29, 0.717) is 42.2 Å². The number of hydrogen-bond donors (Lipinski definition) is 2. The van der Waals surface area contributed by atoms with E-state index in [1.54, 1.807) is 34.6 Å². The van der Waals surface area contributed by atoms with Crippen LogP contribution in [0.2, 0.25) is 0 Å². The van der Waals surface area contributed by atoms with Crippen molar-refractivity contribution in [2.45, 2.75) is 20.0 Å². The van der Waals surface area contributed by atoms with Crippen LogP contribution in [-0.2, 0) is 13.1 Å². The highest BCUT2D eigenvalue weighted by Gasteiger charge is 2.13. The predicted molar refractivity (Wildman–Crippen MR) is 120 cm³/mol. The Morgan fingerprint density at radius 1 is 0.968 bits per heavy atom. The van der Waals surface area contributed by atoms with E-state index in [1.165, 1.54) is 5.56 Å². The summed E-state index contributed by atoms with van der Waals surface area (Å²) in [6.07, 6.45) is 1.73. The SMILES string of the molecule is CN=C(NCc1cc(OC)c(OC)c(OC)c1)NCc1ncc(-c2ccc(C)cc2)o1. The number of aromatic nitrogens is 1. The highest BCUT2D eigenvalue weighted by Crippen LogP contribution is 2.38. The van der Waals surface area contributed by atoms with Crippen LogP contribution in [-0.4, -0.2) is 39.3 Å². The van der Waals surface area contributed by atoms with Crippen LogP contribution in [0, 0.1) is 6.92 Å². The largest absolute Gasteiger partial charge is 0.493 e. The van der Waals surface area contributed by atoms with E-state index in [0.717, 1.165) is 16.9 Å². The zero-order valence-corrected chi connectivity index (χ0v) is 18.5. The standard InChI is InChI=1S/C23H28N4O4/c1-15-6-8-17(9-7-15)20-13-25-21(31-20)14-27-23(24-2)26-12-16-10-18(28-3)22(30-5)19(11-16)29-4/h6-11,13H,12,14H2,1-5H3,(H2,24,26,27). The van der Waals surface area contributed by atoms with Crippen LogP contribution in [0.4, 0.5) is 0 Å². The van der Waals surface area contributed by atoms with E-state index < -0.39 is 0 Å². The van der Waals surface area contributed by atoms with Crippen molar-refractivity contribution < 1.29 is 18.6 Å². The fourth-order valence-corrected chi connectivity index (χ4v) is 3.05. The Kier molecular flexibility index (Phi) is 7.37. The molecule has 164 valence electrons. The number of benzene rings is 2. The topological polar surface area (TPSA) is 90.1 Å². The fraction of sp³-hybridized carbons (Fsp3) is 0.304. The van der Waals surface area contributed by atoms with Crippen molar-refractivity contribution in [1.29, 1.82) is 0 Å². The lowest BCUT2D eigenvalue weighted by atomic mass is 10.1. The zero-order chi connectivity index (χ0) is 22.2. The summed E-state index contributed by atoms with van der Waals surface area (Å²) in [5.74, 6) is 3.69. The molecule has 1 aromatic heterocycles. The van der Waals surface area contributed by atoms with Gasteiger partial charge in [0.15, 0.2) is 23.2 Å². The van der Waals surface area contributed by atoms with Gasteiger partial charge >= 0.3 is 0 Å². The molecule has 8 nitrogen and oxygen atoms in total. The number of guanidine groups is 1. The summed E-state index contributed by atoms with van der Waals surface area (Å²) in [5.41, 5.74) is 3.15. The lowest BCUT2D eigenvalue weighted by Crippen LogP contribution is -2.36. The number of ether oxygens (including phenoxy) is 3. The van der Waals surface area contributed by atoms with Gasteiger partial charge in [-0.2, -0.15) is 0 Å². The van der Waals surface area contributed by atoms with Gasteiger partial charge < -0.3 is 29.3 Å². The minimum Gasteiger partial charge on any atom is -0.493 e. The smallest absolute Gasteiger partial charge is 0.214 e. The molecule has 0 bridgehead atoms. The first-order chi connectivity index (χ1) is 15.1. The van der Waals surface area contributed by atoms with Crippen molar-refractivity contribution in [3.63, 3.8) is 0 Å². The molecule has 0 unspecified atom stereocenters. The van der Waals surface area contributed by atoms with E-state index >= 15 is 0 Å². The lowest BCUT2D eigenvalue weighted by Gasteiger charge is -2.15. The molecule has 0 atom stereocenters. The summed E-state index contributed by atoms with van der Waals surface area (Å²) >= 11 is 0. The summed E-state index contributed by atoms with van der Waals surface area (Å²) in [5, 5.41) is 6.46. The molecule has 2 aromatic carbocycles. The molecule has 0 radical (unpaired) electrons. The summed E-state index contributed by atoms with van der Waals surface area (Å²) < 4.78 is 22.0. The molecule has 0 saturated heterocycles. The molecule has 8 heteroatoms. The molecule has 0 spiro atoms. The Labute approximate surface area is 182 Å². The van der Waals surface area contributed by atoms with Crippen LogP contribution in [0.15, 0.2) is 52.0 Å². The Morgan fingerprint density at radius 3 is 2.19 bits per heavy atom. The maximum atomic E-state index is 5.85. The third kappa shape index (κ3) is 5.48. The van der Waals surface area contributed by atoms with Crippen molar-refractivity contribution in [2.24, 2.45) is 4.99 Å². The summed E-state index contributed by atoms with van der Waals surface area (Å²) in [6, 6.07) is 11.9. The van der Waals surface area contributed by atoms with Crippen LogP contribution in [0.1, 0.15) is 17.0 Å². The van der Waals surface area contributed by atoms with Gasteiger partial charge in [-0.15, -0.1) is 0 Å². The lowest BCUT2D eigenvalue weighted by molar-refractivity contribution is 0.323. The molecule has 0 amide bonds. The first-order valence-electron chi connectivity index (χ1n) is 9.83. The number of hydrogen-bond acceptors (Lipinski definition) is 6. The van der Waals surface area contributed by atoms with E-state index in [-0.39, 0.29) is 0 Å². The van der Waals surface area contributed by atoms with Gasteiger partial charge in [-0.25, -0.2) is 4.98 Å². The molecule has 3 rings (SSSR count). The summed E-state index contributed by atoms with van der Waals surface area (Å²) in [7, 11) is 6.47. The number of nitrogens with one attached hydrogen (secondary N) is 2. The second kappa shape index (κ2) is 10.4. The maximum Gasteiger partial charge on any atom is 0.214 e. The Bertz CT molecular complexity index is 1000. The molecule has 0 saturated carbocycles. The van der Waals surface area contributed by atoms with Gasteiger partial charge in [-0.1, -0.05) is 29.8 Å². The molecule has 1 heterocycles. The molecule has 0 aliphatic rings. The number of oxazole rings is 1. The van der Waals surface area contributed by atoms with Gasteiger partial charge in [0.05, 0.1) is 34.1 Å². The van der Waals surface area contributed by atoms with E-state index in [4.69, 9.17) is 18.6 Å². The molecule has 3 aromatic rings. The minimum absolute atomic E-state index is 0.404. The highest BCUT2D eigenvalue weighted by molar-refractivity contribution is 5.79. The number of aliphatic imine (C=N–C) groups is 1. The van der Waals surface area contributed by atoms with E-state index in [9.17, 15) is 0 Å². The van der Waals surface area contributed by atoms with Gasteiger partial charge in [0, 0.05) is 19.2 Å². The second-order valence-electron chi connectivity index (χ2n) is 6.80. The number of aryl methyl sites for hydroxylation is 1. The molecule has 31 heavy (non-hydrogen) atoms. The van der Waals surface area contributed by atoms with Gasteiger partial charge in [-0.3, -0.25) is 4.99 Å². The predicted octanol–water partition coefficient (Wildman–Crippen LogP) is 3.54. The van der Waals surface area contributed by atoms with Crippen molar-refractivity contribution >= 4 is 5.96 Å². The molecular formula is C23H28N4O4. The van der Waals surface area contributed by atoms with Crippen molar-refractivity contribution in [3.05, 3.63) is 59.6 Å². The summed E-state index contributed by atoms with van der Waals surface area (Å²) in [4.78, 5) is 8.59. The van der Waals surface area contributed by atoms with Gasteiger partial charge in [-0.05, 0) is 24.6 Å². The van der Waals surface area contributed by atoms with Gasteiger partial charge in [0.1, 0.15) is 0 Å². The summed E-state index contributed by atoms with van der Waals surface area (Å²) in [6.45, 7) is 2.97. The van der Waals surface area contributed by atoms with Gasteiger partial charge in [0.2, 0.25) is 11.6 Å². The van der Waals surface area contributed by atoms with Crippen LogP contribution >= 0.6 is 0 Å². The van der Waals surface area contributed by atoms with Crippen LogP contribution in [0.25, 0.3) is 11.3 Å². The highest BCUT2D eigenvalue weighted by atomic mass is 16.5. The Hall–Kier alpha value is -3.68. The minimum atomic E-state index is 0.404. The first kappa shape index (κ1) is 22.0.